The number of aryl methyl sites for hydroxylation is 1. The van der Waals surface area contributed by atoms with E-state index in [-0.39, 0.29) is 17.5 Å². The number of nitrogens with one attached hydrogen (secondary N) is 1. The van der Waals surface area contributed by atoms with Crippen molar-refractivity contribution in [3.8, 4) is 11.5 Å². The zero-order valence-corrected chi connectivity index (χ0v) is 10.2. The summed E-state index contributed by atoms with van der Waals surface area (Å²) >= 11 is 0. The van der Waals surface area contributed by atoms with Crippen molar-refractivity contribution >= 4 is 0 Å². The Kier molecular flexibility index (Phi) is 3.52. The molecule has 0 aliphatic carbocycles. The molecule has 1 aliphatic heterocycles. The van der Waals surface area contributed by atoms with E-state index in [1.165, 1.54) is 7.11 Å². The molecule has 1 aromatic rings. The van der Waals surface area contributed by atoms with Gasteiger partial charge >= 0.3 is 0 Å². The van der Waals surface area contributed by atoms with E-state index in [1.807, 2.05) is 0 Å². The van der Waals surface area contributed by atoms with Crippen LogP contribution in [-0.2, 0) is 0 Å². The van der Waals surface area contributed by atoms with Gasteiger partial charge in [0.05, 0.1) is 7.11 Å². The highest BCUT2D eigenvalue weighted by Gasteiger charge is 2.23. The first kappa shape index (κ1) is 12.2. The third kappa shape index (κ3) is 2.22. The Hall–Kier alpha value is -1.29. The molecule has 1 fully saturated rings. The number of piperidine rings is 1. The number of halogens is 1. The van der Waals surface area contributed by atoms with Crippen molar-refractivity contribution in [1.29, 1.82) is 0 Å². The summed E-state index contributed by atoms with van der Waals surface area (Å²) < 4.78 is 19.1. The average molecular weight is 239 g/mol. The molecular formula is C13H18FNO2. The standard InChI is InChI=1S/C13H18FNO2/c1-8-7-9(10-5-3-4-6-15-10)11(14)13(17-2)12(8)16/h7,10,15-16H,3-6H2,1-2H3. The SMILES string of the molecule is COc1c(O)c(C)cc(C2CCCCN2)c1F. The fourth-order valence-electron chi connectivity index (χ4n) is 2.34. The van der Waals surface area contributed by atoms with Crippen molar-refractivity contribution in [2.24, 2.45) is 0 Å². The molecule has 1 aromatic carbocycles. The topological polar surface area (TPSA) is 41.5 Å². The van der Waals surface area contributed by atoms with Crippen LogP contribution in [0, 0.1) is 12.7 Å². The van der Waals surface area contributed by atoms with E-state index in [1.54, 1.807) is 13.0 Å². The van der Waals surface area contributed by atoms with Gasteiger partial charge in [-0.2, -0.15) is 0 Å². The van der Waals surface area contributed by atoms with Crippen LogP contribution in [0.25, 0.3) is 0 Å². The van der Waals surface area contributed by atoms with E-state index < -0.39 is 5.82 Å². The summed E-state index contributed by atoms with van der Waals surface area (Å²) in [6.45, 7) is 2.66. The van der Waals surface area contributed by atoms with Gasteiger partial charge in [-0.05, 0) is 37.9 Å². The van der Waals surface area contributed by atoms with Crippen LogP contribution in [-0.4, -0.2) is 18.8 Å². The van der Waals surface area contributed by atoms with Crippen molar-refractivity contribution in [2.45, 2.75) is 32.2 Å². The molecule has 0 saturated carbocycles. The Morgan fingerprint density at radius 1 is 1.47 bits per heavy atom. The minimum atomic E-state index is -0.449. The highest BCUT2D eigenvalue weighted by molar-refractivity contribution is 5.50. The van der Waals surface area contributed by atoms with Crippen LogP contribution >= 0.6 is 0 Å². The first-order valence-electron chi connectivity index (χ1n) is 5.94. The summed E-state index contributed by atoms with van der Waals surface area (Å²) in [7, 11) is 1.37. The van der Waals surface area contributed by atoms with Crippen LogP contribution in [0.1, 0.15) is 36.4 Å². The van der Waals surface area contributed by atoms with Gasteiger partial charge in [-0.1, -0.05) is 6.42 Å². The third-order valence-corrected chi connectivity index (χ3v) is 3.30. The van der Waals surface area contributed by atoms with E-state index >= 15 is 0 Å². The van der Waals surface area contributed by atoms with Gasteiger partial charge in [0.15, 0.2) is 17.3 Å². The van der Waals surface area contributed by atoms with Gasteiger partial charge in [0.2, 0.25) is 0 Å². The molecule has 1 aliphatic rings. The summed E-state index contributed by atoms with van der Waals surface area (Å²) in [4.78, 5) is 0. The van der Waals surface area contributed by atoms with E-state index in [2.05, 4.69) is 5.32 Å². The second kappa shape index (κ2) is 4.92. The number of hydrogen-bond donors (Lipinski definition) is 2. The zero-order chi connectivity index (χ0) is 12.4. The highest BCUT2D eigenvalue weighted by atomic mass is 19.1. The smallest absolute Gasteiger partial charge is 0.197 e. The number of methoxy groups -OCH3 is 1. The minimum Gasteiger partial charge on any atom is -0.504 e. The lowest BCUT2D eigenvalue weighted by atomic mass is 9.95. The van der Waals surface area contributed by atoms with Gasteiger partial charge < -0.3 is 15.2 Å². The molecule has 2 N–H and O–H groups in total. The molecule has 2 rings (SSSR count). The fraction of sp³-hybridized carbons (Fsp3) is 0.538. The Morgan fingerprint density at radius 2 is 2.24 bits per heavy atom. The van der Waals surface area contributed by atoms with Gasteiger partial charge in [0, 0.05) is 11.6 Å². The van der Waals surface area contributed by atoms with Crippen molar-refractivity contribution in [1.82, 2.24) is 5.32 Å². The quantitative estimate of drug-likeness (QED) is 0.833. The van der Waals surface area contributed by atoms with Gasteiger partial charge in [0.25, 0.3) is 0 Å². The second-order valence-electron chi connectivity index (χ2n) is 4.48. The predicted molar refractivity (Wildman–Crippen MR) is 63.9 cm³/mol. The molecular weight excluding hydrogens is 221 g/mol. The Bertz CT molecular complexity index is 414. The van der Waals surface area contributed by atoms with Crippen LogP contribution in [0.5, 0.6) is 11.5 Å². The Labute approximate surface area is 101 Å². The third-order valence-electron chi connectivity index (χ3n) is 3.30. The molecule has 0 amide bonds. The number of benzene rings is 1. The lowest BCUT2D eigenvalue weighted by Gasteiger charge is -2.25. The Morgan fingerprint density at radius 3 is 2.82 bits per heavy atom. The van der Waals surface area contributed by atoms with E-state index in [0.717, 1.165) is 25.8 Å². The molecule has 0 radical (unpaired) electrons. The lowest BCUT2D eigenvalue weighted by Crippen LogP contribution is -2.27. The van der Waals surface area contributed by atoms with Gasteiger partial charge in [0.1, 0.15) is 0 Å². The number of ether oxygens (including phenoxy) is 1. The number of hydrogen-bond acceptors (Lipinski definition) is 3. The summed E-state index contributed by atoms with van der Waals surface area (Å²) in [6, 6.07) is 1.73. The largest absolute Gasteiger partial charge is 0.504 e. The summed E-state index contributed by atoms with van der Waals surface area (Å²) in [5.41, 5.74) is 1.24. The van der Waals surface area contributed by atoms with Crippen LogP contribution in [0.2, 0.25) is 0 Å². The monoisotopic (exact) mass is 239 g/mol. The first-order chi connectivity index (χ1) is 8.15. The molecule has 4 heteroatoms. The second-order valence-corrected chi connectivity index (χ2v) is 4.48. The molecule has 1 saturated heterocycles. The van der Waals surface area contributed by atoms with E-state index in [4.69, 9.17) is 4.74 Å². The lowest BCUT2D eigenvalue weighted by molar-refractivity contribution is 0.338. The van der Waals surface area contributed by atoms with E-state index in [9.17, 15) is 9.50 Å². The minimum absolute atomic E-state index is 0.0250. The summed E-state index contributed by atoms with van der Waals surface area (Å²) in [5, 5.41) is 13.0. The van der Waals surface area contributed by atoms with Crippen LogP contribution in [0.15, 0.2) is 6.07 Å². The van der Waals surface area contributed by atoms with Gasteiger partial charge in [-0.25, -0.2) is 4.39 Å². The van der Waals surface area contributed by atoms with Crippen LogP contribution < -0.4 is 10.1 Å². The normalized spacial score (nSPS) is 20.3. The van der Waals surface area contributed by atoms with Crippen molar-refractivity contribution in [3.05, 3.63) is 23.0 Å². The molecule has 0 spiro atoms. The first-order valence-corrected chi connectivity index (χ1v) is 5.94. The van der Waals surface area contributed by atoms with Crippen molar-refractivity contribution in [2.75, 3.05) is 13.7 Å². The molecule has 17 heavy (non-hydrogen) atoms. The van der Waals surface area contributed by atoms with Crippen molar-refractivity contribution < 1.29 is 14.2 Å². The zero-order valence-electron chi connectivity index (χ0n) is 10.2. The number of phenolic OH excluding ortho intramolecular Hbond substituents is 1. The Balaban J connectivity index is 2.42. The molecule has 0 aromatic heterocycles. The molecule has 0 bridgehead atoms. The van der Waals surface area contributed by atoms with Crippen LogP contribution in [0.4, 0.5) is 4.39 Å². The number of rotatable bonds is 2. The number of aromatic hydroxyl groups is 1. The average Bonchev–Trinajstić information content (AvgIpc) is 2.36. The van der Waals surface area contributed by atoms with E-state index in [0.29, 0.717) is 11.1 Å². The highest BCUT2D eigenvalue weighted by Crippen LogP contribution is 2.38. The van der Waals surface area contributed by atoms with Crippen molar-refractivity contribution in [3.63, 3.8) is 0 Å². The summed E-state index contributed by atoms with van der Waals surface area (Å²) in [5.74, 6) is -0.605. The van der Waals surface area contributed by atoms with Crippen LogP contribution in [0.3, 0.4) is 0 Å². The molecule has 1 unspecified atom stereocenters. The summed E-state index contributed by atoms with van der Waals surface area (Å²) in [6.07, 6.45) is 3.15. The van der Waals surface area contributed by atoms with Gasteiger partial charge in [-0.15, -0.1) is 0 Å². The fourth-order valence-corrected chi connectivity index (χ4v) is 2.34. The molecule has 3 nitrogen and oxygen atoms in total. The maximum Gasteiger partial charge on any atom is 0.197 e. The predicted octanol–water partition coefficient (Wildman–Crippen LogP) is 2.66. The molecule has 1 atom stereocenters. The number of phenols is 1. The maximum absolute atomic E-state index is 14.2. The molecule has 1 heterocycles. The van der Waals surface area contributed by atoms with Gasteiger partial charge in [-0.3, -0.25) is 0 Å². The maximum atomic E-state index is 14.2. The molecule has 94 valence electrons.